The van der Waals surface area contributed by atoms with Crippen molar-refractivity contribution >= 4 is 11.8 Å². The summed E-state index contributed by atoms with van der Waals surface area (Å²) in [6.07, 6.45) is 4.49. The van der Waals surface area contributed by atoms with Crippen molar-refractivity contribution in [3.63, 3.8) is 0 Å². The van der Waals surface area contributed by atoms with Gasteiger partial charge in [-0.05, 0) is 19.8 Å². The van der Waals surface area contributed by atoms with E-state index in [1.165, 1.54) is 10.8 Å². The molecule has 1 N–H and O–H groups in total. The first kappa shape index (κ1) is 11.6. The summed E-state index contributed by atoms with van der Waals surface area (Å²) in [7, 11) is 0. The normalized spacial score (nSPS) is 19.6. The molecule has 1 aromatic rings. The molecule has 1 aliphatic rings. The van der Waals surface area contributed by atoms with Crippen molar-refractivity contribution in [2.75, 3.05) is 11.4 Å². The van der Waals surface area contributed by atoms with E-state index in [4.69, 9.17) is 5.11 Å². The highest BCUT2D eigenvalue weighted by molar-refractivity contribution is 5.78. The van der Waals surface area contributed by atoms with Gasteiger partial charge in [0.1, 0.15) is 6.04 Å². The molecule has 2 rings (SSSR count). The Labute approximate surface area is 98.5 Å². The second-order valence-corrected chi connectivity index (χ2v) is 4.03. The fourth-order valence-electron chi connectivity index (χ4n) is 2.16. The molecule has 6 heteroatoms. The number of carboxylic acids is 1. The number of anilines is 1. The van der Waals surface area contributed by atoms with Gasteiger partial charge in [-0.2, -0.15) is 0 Å². The van der Waals surface area contributed by atoms with Gasteiger partial charge >= 0.3 is 5.97 Å². The molecule has 0 spiro atoms. The number of aromatic nitrogens is 2. The van der Waals surface area contributed by atoms with Gasteiger partial charge in [-0.3, -0.25) is 4.79 Å². The Morgan fingerprint density at radius 2 is 2.41 bits per heavy atom. The zero-order valence-corrected chi connectivity index (χ0v) is 9.67. The van der Waals surface area contributed by atoms with E-state index in [1.54, 1.807) is 11.1 Å². The zero-order chi connectivity index (χ0) is 12.4. The molecule has 1 atom stereocenters. The number of rotatable bonds is 3. The van der Waals surface area contributed by atoms with E-state index in [1.807, 2.05) is 6.92 Å². The van der Waals surface area contributed by atoms with Crippen molar-refractivity contribution in [1.29, 1.82) is 0 Å². The molecule has 0 saturated carbocycles. The quantitative estimate of drug-likeness (QED) is 0.819. The van der Waals surface area contributed by atoms with E-state index in [0.717, 1.165) is 6.42 Å². The van der Waals surface area contributed by atoms with Gasteiger partial charge in [-0.15, -0.1) is 0 Å². The van der Waals surface area contributed by atoms with Crippen LogP contribution in [-0.4, -0.2) is 33.2 Å². The molecular formula is C11H15N3O3. The Hall–Kier alpha value is -1.85. The molecule has 1 saturated heterocycles. The van der Waals surface area contributed by atoms with Crippen LogP contribution in [0.15, 0.2) is 17.2 Å². The molecule has 6 nitrogen and oxygen atoms in total. The minimum absolute atomic E-state index is 0.219. The molecule has 1 fully saturated rings. The first-order valence-electron chi connectivity index (χ1n) is 5.70. The Kier molecular flexibility index (Phi) is 3.12. The molecule has 92 valence electrons. The molecule has 0 bridgehead atoms. The van der Waals surface area contributed by atoms with Crippen molar-refractivity contribution in [3.05, 3.63) is 22.7 Å². The Bertz CT molecular complexity index is 483. The lowest BCUT2D eigenvalue weighted by atomic mass is 10.2. The molecule has 0 aliphatic carbocycles. The predicted molar refractivity (Wildman–Crippen MR) is 62.2 cm³/mol. The van der Waals surface area contributed by atoms with Crippen LogP contribution < -0.4 is 10.5 Å². The molecule has 1 aromatic heterocycles. The molecule has 0 aromatic carbocycles. The summed E-state index contributed by atoms with van der Waals surface area (Å²) in [5.74, 6) is -0.644. The summed E-state index contributed by atoms with van der Waals surface area (Å²) in [4.78, 5) is 28.7. The first-order valence-corrected chi connectivity index (χ1v) is 5.70. The third kappa shape index (κ3) is 2.02. The molecule has 2 heterocycles. The number of hydrogen-bond acceptors (Lipinski definition) is 4. The van der Waals surface area contributed by atoms with Crippen molar-refractivity contribution in [1.82, 2.24) is 9.55 Å². The van der Waals surface area contributed by atoms with E-state index < -0.39 is 12.0 Å². The van der Waals surface area contributed by atoms with Gasteiger partial charge in [0, 0.05) is 25.5 Å². The minimum atomic E-state index is -0.893. The van der Waals surface area contributed by atoms with Crippen LogP contribution in [0.3, 0.4) is 0 Å². The highest BCUT2D eigenvalue weighted by Crippen LogP contribution is 2.21. The van der Waals surface area contributed by atoms with Crippen LogP contribution in [0.25, 0.3) is 0 Å². The fourth-order valence-corrected chi connectivity index (χ4v) is 2.16. The third-order valence-corrected chi connectivity index (χ3v) is 3.05. The van der Waals surface area contributed by atoms with Gasteiger partial charge in [-0.1, -0.05) is 0 Å². The van der Waals surface area contributed by atoms with Crippen molar-refractivity contribution < 1.29 is 9.90 Å². The van der Waals surface area contributed by atoms with Crippen molar-refractivity contribution in [2.45, 2.75) is 32.4 Å². The molecule has 0 radical (unpaired) electrons. The molecule has 1 aliphatic heterocycles. The maximum absolute atomic E-state index is 12.0. The molecule has 0 amide bonds. The Morgan fingerprint density at radius 3 is 3.06 bits per heavy atom. The van der Waals surface area contributed by atoms with E-state index in [2.05, 4.69) is 4.98 Å². The Morgan fingerprint density at radius 1 is 1.65 bits per heavy atom. The molecular weight excluding hydrogens is 222 g/mol. The summed E-state index contributed by atoms with van der Waals surface area (Å²) >= 11 is 0. The van der Waals surface area contributed by atoms with Crippen molar-refractivity contribution in [3.8, 4) is 0 Å². The summed E-state index contributed by atoms with van der Waals surface area (Å²) in [5, 5.41) is 9.08. The van der Waals surface area contributed by atoms with Gasteiger partial charge in [0.2, 0.25) is 0 Å². The largest absolute Gasteiger partial charge is 0.480 e. The average molecular weight is 237 g/mol. The third-order valence-electron chi connectivity index (χ3n) is 3.05. The van der Waals surface area contributed by atoms with Gasteiger partial charge in [0.15, 0.2) is 5.82 Å². The maximum atomic E-state index is 12.0. The number of nitrogens with zero attached hydrogens (tertiary/aromatic N) is 3. The zero-order valence-electron chi connectivity index (χ0n) is 9.67. The molecule has 0 unspecified atom stereocenters. The summed E-state index contributed by atoms with van der Waals surface area (Å²) in [6, 6.07) is -0.622. The lowest BCUT2D eigenvalue weighted by molar-refractivity contribution is -0.138. The lowest BCUT2D eigenvalue weighted by Gasteiger charge is -2.21. The second kappa shape index (κ2) is 4.57. The number of aliphatic carboxylic acids is 1. The van der Waals surface area contributed by atoms with Crippen LogP contribution in [0, 0.1) is 0 Å². The van der Waals surface area contributed by atoms with Crippen LogP contribution in [-0.2, 0) is 11.3 Å². The van der Waals surface area contributed by atoms with E-state index in [9.17, 15) is 9.59 Å². The molecule has 17 heavy (non-hydrogen) atoms. The van der Waals surface area contributed by atoms with Gasteiger partial charge in [0.25, 0.3) is 5.56 Å². The second-order valence-electron chi connectivity index (χ2n) is 4.03. The fraction of sp³-hybridized carbons (Fsp3) is 0.545. The van der Waals surface area contributed by atoms with Crippen LogP contribution in [0.5, 0.6) is 0 Å². The van der Waals surface area contributed by atoms with Crippen molar-refractivity contribution in [2.24, 2.45) is 0 Å². The number of aryl methyl sites for hydroxylation is 1. The van der Waals surface area contributed by atoms with E-state index in [-0.39, 0.29) is 11.4 Å². The highest BCUT2D eigenvalue weighted by Gasteiger charge is 2.32. The number of hydrogen-bond donors (Lipinski definition) is 1. The average Bonchev–Trinajstić information content (AvgIpc) is 2.78. The van der Waals surface area contributed by atoms with Crippen LogP contribution >= 0.6 is 0 Å². The predicted octanol–water partition coefficient (Wildman–Crippen LogP) is 0.317. The van der Waals surface area contributed by atoms with E-state index >= 15 is 0 Å². The smallest absolute Gasteiger partial charge is 0.326 e. The highest BCUT2D eigenvalue weighted by atomic mass is 16.4. The minimum Gasteiger partial charge on any atom is -0.480 e. The Balaban J connectivity index is 2.40. The lowest BCUT2D eigenvalue weighted by Crippen LogP contribution is -2.40. The van der Waals surface area contributed by atoms with Gasteiger partial charge in [-0.25, -0.2) is 9.78 Å². The summed E-state index contributed by atoms with van der Waals surface area (Å²) in [6.45, 7) is 3.00. The topological polar surface area (TPSA) is 75.4 Å². The summed E-state index contributed by atoms with van der Waals surface area (Å²) in [5.41, 5.74) is -0.219. The van der Waals surface area contributed by atoms with Gasteiger partial charge < -0.3 is 14.6 Å². The maximum Gasteiger partial charge on any atom is 0.326 e. The van der Waals surface area contributed by atoms with Crippen LogP contribution in [0.2, 0.25) is 0 Å². The van der Waals surface area contributed by atoms with E-state index in [0.29, 0.717) is 19.5 Å². The first-order chi connectivity index (χ1) is 8.15. The number of carbonyl (C=O) groups is 1. The standard InChI is InChI=1S/C11H15N3O3/c1-2-13-7-5-12-9(10(13)15)14-6-3-4-8(14)11(16)17/h5,7-8H,2-4,6H2,1H3,(H,16,17)/t8-/m0/s1. The van der Waals surface area contributed by atoms with Crippen LogP contribution in [0.1, 0.15) is 19.8 Å². The monoisotopic (exact) mass is 237 g/mol. The van der Waals surface area contributed by atoms with Crippen LogP contribution in [0.4, 0.5) is 5.82 Å². The van der Waals surface area contributed by atoms with Gasteiger partial charge in [0.05, 0.1) is 0 Å². The number of carboxylic acid groups (broad SMARTS) is 1. The SMILES string of the molecule is CCn1ccnc(N2CCC[C@H]2C(=O)O)c1=O. The summed E-state index contributed by atoms with van der Waals surface area (Å²) < 4.78 is 1.53.